The Balaban J connectivity index is 1.91. The fraction of sp³-hybridized carbons (Fsp3) is 0.425. The highest BCUT2D eigenvalue weighted by molar-refractivity contribution is 5.90. The van der Waals surface area contributed by atoms with Crippen molar-refractivity contribution in [2.24, 2.45) is 22.2 Å². The zero-order valence-electron chi connectivity index (χ0n) is 32.2. The van der Waals surface area contributed by atoms with E-state index >= 15 is 0 Å². The molecule has 4 amide bonds. The van der Waals surface area contributed by atoms with E-state index in [0.717, 1.165) is 11.1 Å². The lowest BCUT2D eigenvalue weighted by atomic mass is 9.94. The van der Waals surface area contributed by atoms with Crippen molar-refractivity contribution in [2.75, 3.05) is 13.1 Å². The molecular formula is C40H55N7O8. The number of nitrogens with two attached hydrogens (primary N) is 3. The lowest BCUT2D eigenvalue weighted by molar-refractivity contribution is -0.134. The molecule has 15 heteroatoms. The third-order valence-electron chi connectivity index (χ3n) is 8.34. The molecule has 3 rings (SSSR count). The Morgan fingerprint density at radius 1 is 0.818 bits per heavy atom. The van der Waals surface area contributed by atoms with Crippen LogP contribution in [0.4, 0.5) is 9.59 Å². The Kier molecular flexibility index (Phi) is 16.6. The van der Waals surface area contributed by atoms with Crippen LogP contribution in [0.1, 0.15) is 81.2 Å². The maximum Gasteiger partial charge on any atom is 0.407 e. The van der Waals surface area contributed by atoms with Crippen molar-refractivity contribution >= 4 is 30.0 Å². The molecule has 3 aromatic carbocycles. The van der Waals surface area contributed by atoms with Crippen LogP contribution in [-0.4, -0.2) is 65.9 Å². The van der Waals surface area contributed by atoms with Crippen molar-refractivity contribution in [1.82, 2.24) is 16.0 Å². The molecule has 0 aromatic heterocycles. The van der Waals surface area contributed by atoms with Crippen molar-refractivity contribution in [2.45, 2.75) is 96.9 Å². The van der Waals surface area contributed by atoms with E-state index < -0.39 is 47.8 Å². The molecule has 0 saturated carbocycles. The van der Waals surface area contributed by atoms with Gasteiger partial charge in [0.15, 0.2) is 12.1 Å². The number of carbonyl (C=O) groups is 4. The Morgan fingerprint density at radius 3 is 2.13 bits per heavy atom. The van der Waals surface area contributed by atoms with Crippen LogP contribution in [0.2, 0.25) is 0 Å². The summed E-state index contributed by atoms with van der Waals surface area (Å²) in [6.45, 7) is 9.49. The van der Waals surface area contributed by atoms with Crippen molar-refractivity contribution in [3.8, 4) is 17.2 Å². The number of ether oxygens (including phenoxy) is 3. The number of unbranched alkanes of at least 4 members (excludes halogenated alkanes) is 1. The first-order valence-electron chi connectivity index (χ1n) is 18.2. The van der Waals surface area contributed by atoms with Gasteiger partial charge in [-0.25, -0.2) is 9.59 Å². The largest absolute Gasteiger partial charge is 0.508 e. The van der Waals surface area contributed by atoms with Gasteiger partial charge in [0.25, 0.3) is 5.91 Å². The van der Waals surface area contributed by atoms with E-state index in [1.165, 1.54) is 0 Å². The summed E-state index contributed by atoms with van der Waals surface area (Å²) in [6.07, 6.45) is -0.990. The van der Waals surface area contributed by atoms with Gasteiger partial charge in [-0.1, -0.05) is 30.3 Å². The predicted octanol–water partition coefficient (Wildman–Crippen LogP) is 4.90. The number of rotatable bonds is 19. The minimum absolute atomic E-state index is 0.0331. The second-order valence-electron chi connectivity index (χ2n) is 14.2. The van der Waals surface area contributed by atoms with Crippen LogP contribution in [0.3, 0.4) is 0 Å². The number of hydrogen-bond donors (Lipinski definition) is 7. The van der Waals surface area contributed by atoms with Gasteiger partial charge in [0, 0.05) is 19.5 Å². The predicted molar refractivity (Wildman–Crippen MR) is 210 cm³/mol. The van der Waals surface area contributed by atoms with Crippen LogP contribution in [0.25, 0.3) is 0 Å². The monoisotopic (exact) mass is 761 g/mol. The molecule has 0 fully saturated rings. The number of nitrogens with zero attached hydrogens (tertiary/aromatic N) is 1. The van der Waals surface area contributed by atoms with E-state index in [1.54, 1.807) is 46.8 Å². The number of carbonyl (C=O) groups excluding carboxylic acids is 4. The molecular weight excluding hydrogens is 706 g/mol. The Morgan fingerprint density at radius 2 is 1.49 bits per heavy atom. The molecule has 0 spiro atoms. The normalized spacial score (nSPS) is 12.7. The number of benzene rings is 3. The summed E-state index contributed by atoms with van der Waals surface area (Å²) < 4.78 is 16.6. The first kappa shape index (κ1) is 43.4. The molecule has 0 heterocycles. The van der Waals surface area contributed by atoms with Crippen LogP contribution in [-0.2, 0) is 25.5 Å². The SMILES string of the molecule is Cc1cc(O)cc(C)c1CC(NC(=O)C(CCCN=C(N)N)OC(N)=O)C(=O)NC(CCCCNC(=O)OC(C)(C)C)c1cccc(Oc2ccccc2)c1. The zero-order valence-corrected chi connectivity index (χ0v) is 32.2. The van der Waals surface area contributed by atoms with Gasteiger partial charge in [0.2, 0.25) is 5.91 Å². The molecule has 3 unspecified atom stereocenters. The van der Waals surface area contributed by atoms with E-state index in [4.69, 9.17) is 31.4 Å². The fourth-order valence-electron chi connectivity index (χ4n) is 5.83. The highest BCUT2D eigenvalue weighted by Gasteiger charge is 2.30. The number of aryl methyl sites for hydroxylation is 2. The number of amides is 4. The lowest BCUT2D eigenvalue weighted by Gasteiger charge is -2.27. The van der Waals surface area contributed by atoms with Crippen molar-refractivity contribution in [1.29, 1.82) is 0 Å². The number of aliphatic imine (C=N–C) groups is 1. The number of primary amides is 1. The van der Waals surface area contributed by atoms with E-state index in [9.17, 15) is 24.3 Å². The minimum atomic E-state index is -1.33. The second-order valence-corrected chi connectivity index (χ2v) is 14.2. The van der Waals surface area contributed by atoms with Crippen LogP contribution in [0, 0.1) is 13.8 Å². The van der Waals surface area contributed by atoms with Gasteiger partial charge in [-0.15, -0.1) is 0 Å². The first-order valence-corrected chi connectivity index (χ1v) is 18.2. The van der Waals surface area contributed by atoms with Crippen LogP contribution >= 0.6 is 0 Å². The third-order valence-corrected chi connectivity index (χ3v) is 8.34. The van der Waals surface area contributed by atoms with Gasteiger partial charge in [-0.2, -0.15) is 0 Å². The van der Waals surface area contributed by atoms with Gasteiger partial charge < -0.3 is 52.5 Å². The van der Waals surface area contributed by atoms with E-state index in [2.05, 4.69) is 20.9 Å². The van der Waals surface area contributed by atoms with Gasteiger partial charge in [0.05, 0.1) is 6.04 Å². The minimum Gasteiger partial charge on any atom is -0.508 e. The Bertz CT molecular complexity index is 1750. The number of hydrogen-bond acceptors (Lipinski definition) is 9. The Labute approximate surface area is 322 Å². The highest BCUT2D eigenvalue weighted by Crippen LogP contribution is 2.28. The van der Waals surface area contributed by atoms with Crippen molar-refractivity contribution in [3.63, 3.8) is 0 Å². The average molecular weight is 762 g/mol. The number of phenols is 1. The Hall–Kier alpha value is -5.99. The van der Waals surface area contributed by atoms with Crippen LogP contribution in [0.5, 0.6) is 17.2 Å². The van der Waals surface area contributed by atoms with Crippen LogP contribution < -0.4 is 37.9 Å². The summed E-state index contributed by atoms with van der Waals surface area (Å²) in [5, 5.41) is 18.9. The molecule has 0 aliphatic heterocycles. The first-order chi connectivity index (χ1) is 26.0. The molecule has 55 heavy (non-hydrogen) atoms. The summed E-state index contributed by atoms with van der Waals surface area (Å²) in [4.78, 5) is 55.9. The number of guanidine groups is 1. The molecule has 3 atom stereocenters. The summed E-state index contributed by atoms with van der Waals surface area (Å²) in [6, 6.07) is 18.1. The van der Waals surface area contributed by atoms with Crippen molar-refractivity contribution in [3.05, 3.63) is 89.0 Å². The smallest absolute Gasteiger partial charge is 0.407 e. The summed E-state index contributed by atoms with van der Waals surface area (Å²) in [5.74, 6) is -0.105. The summed E-state index contributed by atoms with van der Waals surface area (Å²) in [5.41, 5.74) is 18.4. The second kappa shape index (κ2) is 21.0. The van der Waals surface area contributed by atoms with E-state index in [-0.39, 0.29) is 37.5 Å². The average Bonchev–Trinajstić information content (AvgIpc) is 3.09. The van der Waals surface area contributed by atoms with Gasteiger partial charge in [0.1, 0.15) is 28.9 Å². The molecule has 3 aromatic rings. The molecule has 10 N–H and O–H groups in total. The number of nitrogens with one attached hydrogen (secondary N) is 3. The number of alkyl carbamates (subject to hydrolysis) is 1. The molecule has 0 radical (unpaired) electrons. The van der Waals surface area contributed by atoms with E-state index in [0.29, 0.717) is 48.4 Å². The summed E-state index contributed by atoms with van der Waals surface area (Å²) >= 11 is 0. The molecule has 0 bridgehead atoms. The summed E-state index contributed by atoms with van der Waals surface area (Å²) in [7, 11) is 0. The topological polar surface area (TPSA) is 243 Å². The van der Waals surface area contributed by atoms with Crippen LogP contribution in [0.15, 0.2) is 71.7 Å². The molecule has 298 valence electrons. The molecule has 0 aliphatic carbocycles. The number of aromatic hydroxyl groups is 1. The van der Waals surface area contributed by atoms with Gasteiger partial charge in [-0.05, 0) is 125 Å². The highest BCUT2D eigenvalue weighted by atomic mass is 16.6. The van der Waals surface area contributed by atoms with E-state index in [1.807, 2.05) is 54.6 Å². The fourth-order valence-corrected chi connectivity index (χ4v) is 5.83. The standard InChI is InChI=1S/C40H55N7O8/c1-25-21-28(48)22-26(2)31(25)24-33(47-36(50)34(54-38(43)51)18-12-20-44-37(41)42)35(49)46-32(17-9-10-19-45-39(52)55-40(3,4)5)27-13-11-16-30(23-27)53-29-14-7-6-8-15-29/h6-8,11,13-16,21-23,32-34,48H,9-10,12,17-20,24H2,1-5H3,(H2,43,51)(H,45,52)(H,46,49)(H,47,50)(H4,41,42,44). The molecule has 0 saturated heterocycles. The number of phenolic OH excluding ortho intramolecular Hbond substituents is 1. The number of para-hydroxylation sites is 1. The third kappa shape index (κ3) is 15.9. The maximum absolute atomic E-state index is 14.4. The zero-order chi connectivity index (χ0) is 40.5. The molecule has 15 nitrogen and oxygen atoms in total. The quantitative estimate of drug-likeness (QED) is 0.0495. The lowest BCUT2D eigenvalue weighted by Crippen LogP contribution is -2.52. The van der Waals surface area contributed by atoms with Gasteiger partial charge in [-0.3, -0.25) is 14.6 Å². The molecule has 0 aliphatic rings. The maximum atomic E-state index is 14.4. The van der Waals surface area contributed by atoms with Crippen molar-refractivity contribution < 1.29 is 38.5 Å². The van der Waals surface area contributed by atoms with Gasteiger partial charge >= 0.3 is 12.2 Å².